The zero-order valence-electron chi connectivity index (χ0n) is 20.2. The lowest BCUT2D eigenvalue weighted by Gasteiger charge is -2.37. The average molecular weight is 540 g/mol. The summed E-state index contributed by atoms with van der Waals surface area (Å²) in [5.74, 6) is 0.0745. The Kier molecular flexibility index (Phi) is 8.43. The van der Waals surface area contributed by atoms with E-state index in [1.807, 2.05) is 24.3 Å². The number of nitrogens with zero attached hydrogens (tertiary/aromatic N) is 4. The summed E-state index contributed by atoms with van der Waals surface area (Å²) in [6, 6.07) is 10.6. The maximum atomic E-state index is 13.2. The predicted octanol–water partition coefficient (Wildman–Crippen LogP) is 4.88. The summed E-state index contributed by atoms with van der Waals surface area (Å²) in [5.41, 5.74) is -0.962. The molecular formula is C25H29ClF3N5O3. The number of alkyl halides is 3. The fourth-order valence-corrected chi connectivity index (χ4v) is 5.02. The standard InChI is InChI=1S/C25H29ClF3N5O3/c26-18-2-1-3-21(16-18)32-14-12-31(13-15-32)9-8-24(35)33-10-6-19(7-11-33)30-20-4-5-23(34(36)37)22(17-20)25(27,28)29/h1-5,16-17,19,30H,6-15H2. The van der Waals surface area contributed by atoms with Crippen molar-refractivity contribution in [1.29, 1.82) is 0 Å². The van der Waals surface area contributed by atoms with Crippen molar-refractivity contribution >= 4 is 34.6 Å². The number of nitro groups is 1. The third-order valence-electron chi connectivity index (χ3n) is 6.90. The van der Waals surface area contributed by atoms with Crippen LogP contribution in [-0.2, 0) is 11.0 Å². The molecule has 0 aliphatic carbocycles. The molecule has 0 bridgehead atoms. The van der Waals surface area contributed by atoms with Crippen LogP contribution in [0.5, 0.6) is 0 Å². The quantitative estimate of drug-likeness (QED) is 0.399. The number of nitrogens with one attached hydrogen (secondary N) is 1. The van der Waals surface area contributed by atoms with Crippen molar-refractivity contribution in [2.75, 3.05) is 56.0 Å². The van der Waals surface area contributed by atoms with Crippen molar-refractivity contribution in [3.05, 3.63) is 63.2 Å². The number of hydrogen-bond donors (Lipinski definition) is 1. The Labute approximate surface area is 218 Å². The van der Waals surface area contributed by atoms with Crippen LogP contribution < -0.4 is 10.2 Å². The second kappa shape index (κ2) is 11.6. The van der Waals surface area contributed by atoms with Crippen molar-refractivity contribution in [3.63, 3.8) is 0 Å². The van der Waals surface area contributed by atoms with Gasteiger partial charge in [0.05, 0.1) is 4.92 Å². The molecule has 0 aromatic heterocycles. The van der Waals surface area contributed by atoms with Gasteiger partial charge in [-0.3, -0.25) is 19.8 Å². The number of piperidine rings is 1. The zero-order valence-corrected chi connectivity index (χ0v) is 21.0. The van der Waals surface area contributed by atoms with Crippen LogP contribution in [0.25, 0.3) is 0 Å². The number of likely N-dealkylation sites (tertiary alicyclic amines) is 1. The lowest BCUT2D eigenvalue weighted by Crippen LogP contribution is -2.48. The SMILES string of the molecule is O=C(CCN1CCN(c2cccc(Cl)c2)CC1)N1CCC(Nc2ccc([N+](=O)[O-])c(C(F)(F)F)c2)CC1. The zero-order chi connectivity index (χ0) is 26.6. The smallest absolute Gasteiger partial charge is 0.382 e. The Morgan fingerprint density at radius 3 is 2.38 bits per heavy atom. The van der Waals surface area contributed by atoms with E-state index in [1.165, 1.54) is 6.07 Å². The van der Waals surface area contributed by atoms with Gasteiger partial charge in [-0.1, -0.05) is 17.7 Å². The number of hydrogen-bond acceptors (Lipinski definition) is 6. The third-order valence-corrected chi connectivity index (χ3v) is 7.14. The van der Waals surface area contributed by atoms with E-state index in [0.717, 1.165) is 44.0 Å². The first-order valence-corrected chi connectivity index (χ1v) is 12.6. The fourth-order valence-electron chi connectivity index (χ4n) is 4.84. The van der Waals surface area contributed by atoms with Crippen molar-refractivity contribution < 1.29 is 22.9 Å². The molecule has 0 unspecified atom stereocenters. The van der Waals surface area contributed by atoms with Gasteiger partial charge in [-0.05, 0) is 43.2 Å². The van der Waals surface area contributed by atoms with Crippen LogP contribution in [-0.4, -0.2) is 72.5 Å². The molecule has 0 atom stereocenters. The molecule has 1 N–H and O–H groups in total. The average Bonchev–Trinajstić information content (AvgIpc) is 2.87. The fraction of sp³-hybridized carbons (Fsp3) is 0.480. The number of amides is 1. The van der Waals surface area contributed by atoms with Gasteiger partial charge < -0.3 is 15.1 Å². The Balaban J connectivity index is 1.21. The molecule has 2 saturated heterocycles. The molecule has 1 amide bonds. The van der Waals surface area contributed by atoms with E-state index in [2.05, 4.69) is 15.1 Å². The van der Waals surface area contributed by atoms with Gasteiger partial charge in [0.2, 0.25) is 5.91 Å². The summed E-state index contributed by atoms with van der Waals surface area (Å²) in [4.78, 5) is 29.0. The number of carbonyl (C=O) groups excluding carboxylic acids is 1. The molecule has 2 fully saturated rings. The highest BCUT2D eigenvalue weighted by molar-refractivity contribution is 6.30. The topological polar surface area (TPSA) is 82.0 Å². The van der Waals surface area contributed by atoms with Gasteiger partial charge in [0.15, 0.2) is 0 Å². The molecule has 200 valence electrons. The van der Waals surface area contributed by atoms with Gasteiger partial charge in [0.25, 0.3) is 5.69 Å². The van der Waals surface area contributed by atoms with Crippen LogP contribution in [0.15, 0.2) is 42.5 Å². The van der Waals surface area contributed by atoms with E-state index in [1.54, 1.807) is 4.90 Å². The first-order valence-electron chi connectivity index (χ1n) is 12.2. The highest BCUT2D eigenvalue weighted by Crippen LogP contribution is 2.38. The number of rotatable bonds is 7. The van der Waals surface area contributed by atoms with E-state index < -0.39 is 22.4 Å². The molecule has 4 rings (SSSR count). The molecule has 8 nitrogen and oxygen atoms in total. The van der Waals surface area contributed by atoms with Crippen LogP contribution in [0.3, 0.4) is 0 Å². The van der Waals surface area contributed by atoms with Gasteiger partial charge in [-0.15, -0.1) is 0 Å². The number of anilines is 2. The van der Waals surface area contributed by atoms with Gasteiger partial charge >= 0.3 is 6.18 Å². The number of halogens is 4. The third kappa shape index (κ3) is 7.04. The summed E-state index contributed by atoms with van der Waals surface area (Å²) < 4.78 is 39.7. The minimum absolute atomic E-state index is 0.0745. The van der Waals surface area contributed by atoms with E-state index in [4.69, 9.17) is 11.6 Å². The summed E-state index contributed by atoms with van der Waals surface area (Å²) in [6.45, 7) is 5.16. The van der Waals surface area contributed by atoms with Crippen molar-refractivity contribution in [1.82, 2.24) is 9.80 Å². The molecule has 12 heteroatoms. The van der Waals surface area contributed by atoms with Crippen LogP contribution in [0.1, 0.15) is 24.8 Å². The largest absolute Gasteiger partial charge is 0.423 e. The highest BCUT2D eigenvalue weighted by atomic mass is 35.5. The molecule has 0 radical (unpaired) electrons. The highest BCUT2D eigenvalue weighted by Gasteiger charge is 2.38. The maximum absolute atomic E-state index is 13.2. The molecule has 37 heavy (non-hydrogen) atoms. The predicted molar refractivity (Wildman–Crippen MR) is 136 cm³/mol. The first kappa shape index (κ1) is 27.0. The van der Waals surface area contributed by atoms with Crippen LogP contribution in [0.4, 0.5) is 30.2 Å². The van der Waals surface area contributed by atoms with Gasteiger partial charge in [0.1, 0.15) is 5.56 Å². The first-order chi connectivity index (χ1) is 17.6. The molecule has 0 saturated carbocycles. The molecule has 2 aromatic rings. The second-order valence-corrected chi connectivity index (χ2v) is 9.78. The number of carbonyl (C=O) groups is 1. The maximum Gasteiger partial charge on any atom is 0.423 e. The van der Waals surface area contributed by atoms with E-state index in [-0.39, 0.29) is 17.6 Å². The van der Waals surface area contributed by atoms with Gasteiger partial charge in [0, 0.05) is 80.7 Å². The Morgan fingerprint density at radius 2 is 1.76 bits per heavy atom. The number of piperazine rings is 1. The van der Waals surface area contributed by atoms with E-state index >= 15 is 0 Å². The molecular weight excluding hydrogens is 511 g/mol. The molecule has 0 spiro atoms. The van der Waals surface area contributed by atoms with Crippen molar-refractivity contribution in [3.8, 4) is 0 Å². The number of nitro benzene ring substituents is 1. The number of benzene rings is 2. The van der Waals surface area contributed by atoms with E-state index in [9.17, 15) is 28.1 Å². The lowest BCUT2D eigenvalue weighted by molar-refractivity contribution is -0.388. The van der Waals surface area contributed by atoms with Gasteiger partial charge in [-0.2, -0.15) is 13.2 Å². The Bertz CT molecular complexity index is 1120. The van der Waals surface area contributed by atoms with Crippen molar-refractivity contribution in [2.24, 2.45) is 0 Å². The molecule has 2 heterocycles. The monoisotopic (exact) mass is 539 g/mol. The lowest BCUT2D eigenvalue weighted by atomic mass is 10.0. The summed E-state index contributed by atoms with van der Waals surface area (Å²) >= 11 is 6.09. The molecule has 2 aliphatic rings. The summed E-state index contributed by atoms with van der Waals surface area (Å²) in [5, 5.41) is 14.7. The van der Waals surface area contributed by atoms with Crippen molar-refractivity contribution in [2.45, 2.75) is 31.5 Å². The van der Waals surface area contributed by atoms with Crippen LogP contribution in [0.2, 0.25) is 5.02 Å². The van der Waals surface area contributed by atoms with Crippen LogP contribution >= 0.6 is 11.6 Å². The molecule has 2 aromatic carbocycles. The normalized spacial score (nSPS) is 17.6. The van der Waals surface area contributed by atoms with E-state index in [0.29, 0.717) is 43.9 Å². The Morgan fingerprint density at radius 1 is 1.05 bits per heavy atom. The second-order valence-electron chi connectivity index (χ2n) is 9.34. The Hall–Kier alpha value is -3.05. The summed E-state index contributed by atoms with van der Waals surface area (Å²) in [6.07, 6.45) is -3.23. The minimum atomic E-state index is -4.82. The van der Waals surface area contributed by atoms with Gasteiger partial charge in [-0.25, -0.2) is 0 Å². The van der Waals surface area contributed by atoms with Crippen LogP contribution in [0, 0.1) is 10.1 Å². The summed E-state index contributed by atoms with van der Waals surface area (Å²) in [7, 11) is 0. The molecule has 2 aliphatic heterocycles. The minimum Gasteiger partial charge on any atom is -0.382 e.